The second-order valence-electron chi connectivity index (χ2n) is 7.19. The molecule has 29 heavy (non-hydrogen) atoms. The zero-order valence-corrected chi connectivity index (χ0v) is 16.4. The van der Waals surface area contributed by atoms with Crippen LogP contribution in [0, 0.1) is 5.92 Å². The molecule has 0 bridgehead atoms. The number of imidazole rings is 1. The molecule has 0 unspecified atom stereocenters. The molecule has 0 aliphatic carbocycles. The van der Waals surface area contributed by atoms with Gasteiger partial charge in [0.15, 0.2) is 17.0 Å². The minimum atomic E-state index is -0.528. The molecule has 0 aromatic carbocycles. The molecular formula is C17H20N8O4. The molecule has 1 atom stereocenters. The third-order valence-corrected chi connectivity index (χ3v) is 5.13. The third kappa shape index (κ3) is 2.83. The Hall–Kier alpha value is -3.70. The number of fused-ring (bicyclic) bond motifs is 2. The monoisotopic (exact) mass is 400 g/mol. The number of rotatable bonds is 3. The molecule has 4 rings (SSSR count). The number of nitrogens with one attached hydrogen (secondary N) is 2. The van der Waals surface area contributed by atoms with Gasteiger partial charge in [-0.1, -0.05) is 6.92 Å². The van der Waals surface area contributed by atoms with E-state index in [0.29, 0.717) is 18.1 Å². The third-order valence-electron chi connectivity index (χ3n) is 5.13. The Morgan fingerprint density at radius 2 is 1.97 bits per heavy atom. The van der Waals surface area contributed by atoms with Crippen LogP contribution in [-0.4, -0.2) is 40.3 Å². The molecule has 2 N–H and O–H groups in total. The van der Waals surface area contributed by atoms with E-state index < -0.39 is 17.2 Å². The maximum atomic E-state index is 12.6. The van der Waals surface area contributed by atoms with Crippen LogP contribution < -0.4 is 21.9 Å². The number of nitrogens with zero attached hydrogens (tertiary/aromatic N) is 6. The number of aromatic nitrogens is 6. The van der Waals surface area contributed by atoms with Crippen LogP contribution >= 0.6 is 0 Å². The highest BCUT2D eigenvalue weighted by atomic mass is 16.2. The van der Waals surface area contributed by atoms with E-state index in [1.54, 1.807) is 14.0 Å². The molecule has 2 amide bonds. The summed E-state index contributed by atoms with van der Waals surface area (Å²) in [7, 11) is 4.56. The summed E-state index contributed by atoms with van der Waals surface area (Å²) in [6, 6.07) is 0. The summed E-state index contributed by atoms with van der Waals surface area (Å²) >= 11 is 0. The number of carbonyl (C=O) groups is 2. The van der Waals surface area contributed by atoms with Gasteiger partial charge in [0.2, 0.25) is 11.8 Å². The number of anilines is 2. The molecule has 0 saturated heterocycles. The summed E-state index contributed by atoms with van der Waals surface area (Å²) in [6.45, 7) is 1.62. The molecule has 152 valence electrons. The molecule has 0 radical (unpaired) electrons. The Balaban J connectivity index is 1.64. The molecule has 12 nitrogen and oxygen atoms in total. The minimum Gasteiger partial charge on any atom is -0.315 e. The van der Waals surface area contributed by atoms with Crippen molar-refractivity contribution in [1.29, 1.82) is 0 Å². The first-order valence-corrected chi connectivity index (χ1v) is 8.96. The van der Waals surface area contributed by atoms with Gasteiger partial charge in [-0.05, 0) is 6.42 Å². The standard InChI is InChI=1S/C17H20N8O4/c1-8-5-9-12(21-24(4)13(9)20-15(8)27)19-10(26)6-25-7-18-14-11(25)16(28)23(3)17(29)22(14)2/h7-8H,5-6H2,1-4H3,(H,20,27)(H,19,21,26)/t8-/m1/s1. The van der Waals surface area contributed by atoms with E-state index in [0.717, 1.165) is 10.1 Å². The van der Waals surface area contributed by atoms with Crippen molar-refractivity contribution in [1.82, 2.24) is 28.5 Å². The van der Waals surface area contributed by atoms with Crippen LogP contribution in [0.25, 0.3) is 11.2 Å². The smallest absolute Gasteiger partial charge is 0.315 e. The number of amides is 2. The van der Waals surface area contributed by atoms with Gasteiger partial charge in [0, 0.05) is 32.6 Å². The van der Waals surface area contributed by atoms with Gasteiger partial charge in [-0.15, -0.1) is 0 Å². The van der Waals surface area contributed by atoms with Gasteiger partial charge in [-0.2, -0.15) is 5.10 Å². The highest BCUT2D eigenvalue weighted by Gasteiger charge is 2.29. The average molecular weight is 400 g/mol. The van der Waals surface area contributed by atoms with Crippen LogP contribution in [0.3, 0.4) is 0 Å². The number of hydrogen-bond donors (Lipinski definition) is 2. The highest BCUT2D eigenvalue weighted by molar-refractivity contribution is 5.98. The van der Waals surface area contributed by atoms with Gasteiger partial charge in [0.05, 0.1) is 6.33 Å². The predicted octanol–water partition coefficient (Wildman–Crippen LogP) is -1.06. The largest absolute Gasteiger partial charge is 0.332 e. The lowest BCUT2D eigenvalue weighted by molar-refractivity contribution is -0.119. The fourth-order valence-corrected chi connectivity index (χ4v) is 3.50. The van der Waals surface area contributed by atoms with Crippen LogP contribution in [0.1, 0.15) is 12.5 Å². The normalized spacial score (nSPS) is 16.0. The molecule has 3 aromatic rings. The molecule has 3 aromatic heterocycles. The summed E-state index contributed by atoms with van der Waals surface area (Å²) in [5, 5.41) is 9.81. The first kappa shape index (κ1) is 18.7. The fourth-order valence-electron chi connectivity index (χ4n) is 3.50. The van der Waals surface area contributed by atoms with E-state index in [1.807, 2.05) is 0 Å². The zero-order valence-electron chi connectivity index (χ0n) is 16.4. The van der Waals surface area contributed by atoms with Crippen LogP contribution in [0.2, 0.25) is 0 Å². The van der Waals surface area contributed by atoms with Crippen molar-refractivity contribution in [3.63, 3.8) is 0 Å². The molecule has 0 spiro atoms. The fraction of sp³-hybridized carbons (Fsp3) is 0.412. The molecule has 1 aliphatic heterocycles. The van der Waals surface area contributed by atoms with Gasteiger partial charge in [-0.25, -0.2) is 9.78 Å². The van der Waals surface area contributed by atoms with E-state index in [-0.39, 0.29) is 29.5 Å². The minimum absolute atomic E-state index is 0.0929. The lowest BCUT2D eigenvalue weighted by Crippen LogP contribution is -2.37. The second kappa shape index (κ2) is 6.43. The van der Waals surface area contributed by atoms with Gasteiger partial charge in [-0.3, -0.25) is 28.2 Å². The van der Waals surface area contributed by atoms with Crippen molar-refractivity contribution in [3.05, 3.63) is 32.7 Å². The van der Waals surface area contributed by atoms with Gasteiger partial charge < -0.3 is 15.2 Å². The molecule has 4 heterocycles. The van der Waals surface area contributed by atoms with Crippen LogP contribution in [-0.2, 0) is 43.7 Å². The Bertz CT molecular complexity index is 1290. The summed E-state index contributed by atoms with van der Waals surface area (Å²) in [5.74, 6) is 0.184. The van der Waals surface area contributed by atoms with Gasteiger partial charge in [0.1, 0.15) is 12.4 Å². The highest BCUT2D eigenvalue weighted by Crippen LogP contribution is 2.30. The van der Waals surface area contributed by atoms with Crippen molar-refractivity contribution in [2.24, 2.45) is 27.1 Å². The van der Waals surface area contributed by atoms with E-state index in [1.165, 1.54) is 34.2 Å². The molecule has 1 aliphatic rings. The van der Waals surface area contributed by atoms with Crippen LogP contribution in [0.4, 0.5) is 11.6 Å². The summed E-state index contributed by atoms with van der Waals surface area (Å²) < 4.78 is 5.13. The first-order valence-electron chi connectivity index (χ1n) is 8.96. The van der Waals surface area contributed by atoms with Crippen LogP contribution in [0.15, 0.2) is 15.9 Å². The topological polar surface area (TPSA) is 138 Å². The number of hydrogen-bond acceptors (Lipinski definition) is 6. The Morgan fingerprint density at radius 1 is 1.24 bits per heavy atom. The Labute approximate surface area is 163 Å². The Morgan fingerprint density at radius 3 is 2.69 bits per heavy atom. The van der Waals surface area contributed by atoms with Crippen LogP contribution in [0.5, 0.6) is 0 Å². The lowest BCUT2D eigenvalue weighted by Gasteiger charge is -2.19. The van der Waals surface area contributed by atoms with Crippen molar-refractivity contribution in [3.8, 4) is 0 Å². The molecular weight excluding hydrogens is 380 g/mol. The average Bonchev–Trinajstić information content (AvgIpc) is 3.21. The zero-order chi connectivity index (χ0) is 21.0. The molecule has 0 fully saturated rings. The predicted molar refractivity (Wildman–Crippen MR) is 104 cm³/mol. The maximum absolute atomic E-state index is 12.6. The van der Waals surface area contributed by atoms with Crippen molar-refractivity contribution in [2.75, 3.05) is 10.6 Å². The lowest BCUT2D eigenvalue weighted by atomic mass is 9.98. The number of carbonyl (C=O) groups excluding carboxylic acids is 2. The Kier molecular flexibility index (Phi) is 4.14. The number of aryl methyl sites for hydroxylation is 2. The second-order valence-corrected chi connectivity index (χ2v) is 7.19. The molecule has 0 saturated carbocycles. The van der Waals surface area contributed by atoms with E-state index in [4.69, 9.17) is 0 Å². The molecule has 12 heteroatoms. The SMILES string of the molecule is C[C@@H]1Cc2c(NC(=O)Cn3cnc4c3c(=O)n(C)c(=O)n4C)nn(C)c2NC1=O. The van der Waals surface area contributed by atoms with Gasteiger partial charge in [0.25, 0.3) is 5.56 Å². The van der Waals surface area contributed by atoms with Gasteiger partial charge >= 0.3 is 5.69 Å². The summed E-state index contributed by atoms with van der Waals surface area (Å²) in [6.07, 6.45) is 1.81. The summed E-state index contributed by atoms with van der Waals surface area (Å²) in [5.41, 5.74) is 0.0988. The van der Waals surface area contributed by atoms with E-state index >= 15 is 0 Å². The van der Waals surface area contributed by atoms with E-state index in [2.05, 4.69) is 20.7 Å². The van der Waals surface area contributed by atoms with Crippen molar-refractivity contribution >= 4 is 34.6 Å². The van der Waals surface area contributed by atoms with Crippen molar-refractivity contribution < 1.29 is 9.59 Å². The van der Waals surface area contributed by atoms with E-state index in [9.17, 15) is 19.2 Å². The first-order chi connectivity index (χ1) is 13.7. The maximum Gasteiger partial charge on any atom is 0.332 e. The summed E-state index contributed by atoms with van der Waals surface area (Å²) in [4.78, 5) is 53.1. The quantitative estimate of drug-likeness (QED) is 0.575. The van der Waals surface area contributed by atoms with Crippen molar-refractivity contribution in [2.45, 2.75) is 19.9 Å².